The molecule has 0 radical (unpaired) electrons. The Morgan fingerprint density at radius 3 is 2.88 bits per heavy atom. The summed E-state index contributed by atoms with van der Waals surface area (Å²) in [6.07, 6.45) is 1.88. The maximum absolute atomic E-state index is 11.9. The second-order valence-corrected chi connectivity index (χ2v) is 4.95. The Labute approximate surface area is 112 Å². The highest BCUT2D eigenvalue weighted by Crippen LogP contribution is 2.20. The quantitative estimate of drug-likeness (QED) is 0.880. The lowest BCUT2D eigenvalue weighted by atomic mass is 10.2. The molecule has 0 saturated carbocycles. The molecule has 2 rings (SSSR count). The molecule has 4 nitrogen and oxygen atoms in total. The van der Waals surface area contributed by atoms with Crippen molar-refractivity contribution in [1.82, 2.24) is 9.36 Å². The Balaban J connectivity index is 2.14. The number of nitrogens with one attached hydrogen (secondary N) is 1. The van der Waals surface area contributed by atoms with Crippen LogP contribution in [0.15, 0.2) is 29.4 Å². The molecule has 0 atom stereocenters. The molecular formula is C10H8ClN3OS2. The van der Waals surface area contributed by atoms with Crippen molar-refractivity contribution >= 4 is 45.9 Å². The van der Waals surface area contributed by atoms with Gasteiger partial charge in [0.25, 0.3) is 5.91 Å². The van der Waals surface area contributed by atoms with E-state index in [4.69, 9.17) is 11.6 Å². The van der Waals surface area contributed by atoms with E-state index in [1.807, 2.05) is 6.26 Å². The van der Waals surface area contributed by atoms with Crippen molar-refractivity contribution in [1.29, 1.82) is 0 Å². The lowest BCUT2D eigenvalue weighted by Gasteiger charge is -2.02. The molecule has 88 valence electrons. The van der Waals surface area contributed by atoms with Crippen molar-refractivity contribution in [2.45, 2.75) is 5.16 Å². The molecule has 0 aliphatic rings. The first kappa shape index (κ1) is 12.3. The summed E-state index contributed by atoms with van der Waals surface area (Å²) in [6.45, 7) is 0. The number of amides is 1. The van der Waals surface area contributed by atoms with Crippen molar-refractivity contribution < 1.29 is 4.79 Å². The van der Waals surface area contributed by atoms with Crippen LogP contribution >= 0.6 is 34.9 Å². The van der Waals surface area contributed by atoms with Gasteiger partial charge < -0.3 is 0 Å². The van der Waals surface area contributed by atoms with Gasteiger partial charge in [0.05, 0.1) is 10.6 Å². The molecule has 0 spiro atoms. The summed E-state index contributed by atoms with van der Waals surface area (Å²) in [5.74, 6) is -0.278. The van der Waals surface area contributed by atoms with Crippen LogP contribution in [-0.4, -0.2) is 21.5 Å². The zero-order valence-corrected chi connectivity index (χ0v) is 11.2. The highest BCUT2D eigenvalue weighted by molar-refractivity contribution is 7.98. The summed E-state index contributed by atoms with van der Waals surface area (Å²) in [5.41, 5.74) is 0.426. The first-order valence-electron chi connectivity index (χ1n) is 4.64. The van der Waals surface area contributed by atoms with E-state index in [1.165, 1.54) is 11.8 Å². The molecule has 1 aromatic heterocycles. The number of nitrogens with zero attached hydrogens (tertiary/aromatic N) is 2. The third-order valence-electron chi connectivity index (χ3n) is 1.93. The van der Waals surface area contributed by atoms with Gasteiger partial charge in [0.2, 0.25) is 10.3 Å². The topological polar surface area (TPSA) is 54.9 Å². The Kier molecular flexibility index (Phi) is 3.98. The van der Waals surface area contributed by atoms with E-state index in [0.29, 0.717) is 20.9 Å². The van der Waals surface area contributed by atoms with Gasteiger partial charge in [-0.05, 0) is 18.4 Å². The second-order valence-electron chi connectivity index (χ2n) is 3.02. The summed E-state index contributed by atoms with van der Waals surface area (Å²) in [5, 5.41) is 4.19. The fraction of sp³-hybridized carbons (Fsp3) is 0.100. The number of carbonyl (C=O) groups excluding carboxylic acids is 1. The molecule has 2 aromatic rings. The minimum Gasteiger partial charge on any atom is -0.297 e. The van der Waals surface area contributed by atoms with Crippen LogP contribution < -0.4 is 5.32 Å². The molecule has 0 unspecified atom stereocenters. The van der Waals surface area contributed by atoms with Gasteiger partial charge >= 0.3 is 0 Å². The lowest BCUT2D eigenvalue weighted by Crippen LogP contribution is -2.12. The highest BCUT2D eigenvalue weighted by atomic mass is 35.5. The van der Waals surface area contributed by atoms with E-state index >= 15 is 0 Å². The normalized spacial score (nSPS) is 10.2. The average molecular weight is 286 g/mol. The van der Waals surface area contributed by atoms with Crippen LogP contribution in [0.5, 0.6) is 0 Å². The van der Waals surface area contributed by atoms with Crippen LogP contribution in [0.2, 0.25) is 5.02 Å². The van der Waals surface area contributed by atoms with Gasteiger partial charge in [0.15, 0.2) is 0 Å². The molecule has 0 fully saturated rings. The maximum Gasteiger partial charge on any atom is 0.258 e. The van der Waals surface area contributed by atoms with Crippen molar-refractivity contribution in [3.05, 3.63) is 34.9 Å². The molecule has 1 aromatic carbocycles. The van der Waals surface area contributed by atoms with Crippen LogP contribution in [0.25, 0.3) is 0 Å². The Morgan fingerprint density at radius 2 is 2.24 bits per heavy atom. The van der Waals surface area contributed by atoms with Gasteiger partial charge in [-0.15, -0.1) is 0 Å². The Morgan fingerprint density at radius 1 is 1.47 bits per heavy atom. The molecule has 7 heteroatoms. The number of aromatic nitrogens is 2. The molecule has 0 saturated heterocycles. The molecule has 1 amide bonds. The fourth-order valence-corrected chi connectivity index (χ4v) is 2.50. The third-order valence-corrected chi connectivity index (χ3v) is 3.55. The maximum atomic E-state index is 11.9. The van der Waals surface area contributed by atoms with Crippen LogP contribution in [-0.2, 0) is 0 Å². The molecule has 0 aliphatic carbocycles. The largest absolute Gasteiger partial charge is 0.297 e. The average Bonchev–Trinajstić information content (AvgIpc) is 2.77. The molecule has 0 aliphatic heterocycles. The summed E-state index contributed by atoms with van der Waals surface area (Å²) in [7, 11) is 0. The Bertz CT molecular complexity index is 544. The van der Waals surface area contributed by atoms with Crippen LogP contribution in [0.3, 0.4) is 0 Å². The number of carbonyl (C=O) groups is 1. The summed E-state index contributed by atoms with van der Waals surface area (Å²) in [4.78, 5) is 16.0. The van der Waals surface area contributed by atoms with Gasteiger partial charge in [-0.2, -0.15) is 9.36 Å². The standard InChI is InChI=1S/C10H8ClN3OS2/c1-16-10-13-9(17-14-10)12-8(15)6-4-2-3-5-7(6)11/h2-5H,1H3,(H,12,13,14,15). The van der Waals surface area contributed by atoms with Gasteiger partial charge in [0.1, 0.15) is 0 Å². The summed E-state index contributed by atoms with van der Waals surface area (Å²) in [6, 6.07) is 6.86. The fourth-order valence-electron chi connectivity index (χ4n) is 1.15. The Hall–Kier alpha value is -1.11. The van der Waals surface area contributed by atoms with Crippen LogP contribution in [0.4, 0.5) is 5.13 Å². The molecule has 0 bridgehead atoms. The first-order chi connectivity index (χ1) is 8.20. The number of rotatable bonds is 3. The SMILES string of the molecule is CSc1nsc(NC(=O)c2ccccc2Cl)n1. The van der Waals surface area contributed by atoms with E-state index in [-0.39, 0.29) is 5.91 Å². The molecular weight excluding hydrogens is 278 g/mol. The second kappa shape index (κ2) is 5.48. The summed E-state index contributed by atoms with van der Waals surface area (Å²) < 4.78 is 4.05. The molecule has 1 heterocycles. The van der Waals surface area contributed by atoms with Crippen molar-refractivity contribution in [2.24, 2.45) is 0 Å². The van der Waals surface area contributed by atoms with Gasteiger partial charge in [0, 0.05) is 11.5 Å². The number of hydrogen-bond acceptors (Lipinski definition) is 5. The van der Waals surface area contributed by atoms with Crippen molar-refractivity contribution in [3.8, 4) is 0 Å². The van der Waals surface area contributed by atoms with Crippen molar-refractivity contribution in [3.63, 3.8) is 0 Å². The van der Waals surface area contributed by atoms with Crippen LogP contribution in [0, 0.1) is 0 Å². The zero-order chi connectivity index (χ0) is 12.3. The molecule has 1 N–H and O–H groups in total. The van der Waals surface area contributed by atoms with Crippen LogP contribution in [0.1, 0.15) is 10.4 Å². The monoisotopic (exact) mass is 285 g/mol. The van der Waals surface area contributed by atoms with Gasteiger partial charge in [-0.25, -0.2) is 0 Å². The van der Waals surface area contributed by atoms with Gasteiger partial charge in [-0.3, -0.25) is 10.1 Å². The highest BCUT2D eigenvalue weighted by Gasteiger charge is 2.12. The number of halogens is 1. The predicted molar refractivity (Wildman–Crippen MR) is 71.1 cm³/mol. The van der Waals surface area contributed by atoms with E-state index in [1.54, 1.807) is 24.3 Å². The third kappa shape index (κ3) is 2.96. The first-order valence-corrected chi connectivity index (χ1v) is 7.02. The number of benzene rings is 1. The number of hydrogen-bond donors (Lipinski definition) is 1. The number of anilines is 1. The molecule has 17 heavy (non-hydrogen) atoms. The minimum atomic E-state index is -0.278. The van der Waals surface area contributed by atoms with E-state index < -0.39 is 0 Å². The van der Waals surface area contributed by atoms with E-state index in [0.717, 1.165) is 11.5 Å². The van der Waals surface area contributed by atoms with E-state index in [2.05, 4.69) is 14.7 Å². The zero-order valence-electron chi connectivity index (χ0n) is 8.81. The van der Waals surface area contributed by atoms with E-state index in [9.17, 15) is 4.79 Å². The smallest absolute Gasteiger partial charge is 0.258 e. The number of thioether (sulfide) groups is 1. The van der Waals surface area contributed by atoms with Crippen molar-refractivity contribution in [2.75, 3.05) is 11.6 Å². The van der Waals surface area contributed by atoms with Gasteiger partial charge in [-0.1, -0.05) is 35.5 Å². The lowest BCUT2D eigenvalue weighted by molar-refractivity contribution is 0.102. The predicted octanol–water partition coefficient (Wildman–Crippen LogP) is 3.17. The summed E-state index contributed by atoms with van der Waals surface area (Å²) >= 11 is 8.49. The minimum absolute atomic E-state index is 0.278.